The number of halogens is 2. The molecular formula is C37H45F2N9O4. The minimum Gasteiger partial charge on any atom is -0.493 e. The average molecular weight is 718 g/mol. The molecule has 0 saturated carbocycles. The van der Waals surface area contributed by atoms with E-state index in [2.05, 4.69) is 37.1 Å². The Kier molecular flexibility index (Phi) is 11.0. The van der Waals surface area contributed by atoms with E-state index in [1.165, 1.54) is 34.0 Å². The van der Waals surface area contributed by atoms with Crippen LogP contribution in [0.2, 0.25) is 0 Å². The van der Waals surface area contributed by atoms with Crippen molar-refractivity contribution in [1.82, 2.24) is 35.3 Å². The second-order valence-electron chi connectivity index (χ2n) is 13.3. The number of anilines is 2. The van der Waals surface area contributed by atoms with Crippen LogP contribution in [-0.2, 0) is 16.9 Å². The van der Waals surface area contributed by atoms with E-state index in [9.17, 15) is 18.7 Å². The highest BCUT2D eigenvalue weighted by atomic mass is 19.1. The molecule has 2 fully saturated rings. The maximum absolute atomic E-state index is 15.0. The number of rotatable bonds is 12. The summed E-state index contributed by atoms with van der Waals surface area (Å²) < 4.78 is 45.6. The summed E-state index contributed by atoms with van der Waals surface area (Å²) in [7, 11) is 0. The molecule has 52 heavy (non-hydrogen) atoms. The number of aliphatic hydroxyl groups is 1. The predicted molar refractivity (Wildman–Crippen MR) is 192 cm³/mol. The fraction of sp³-hybridized carbons (Fsp3) is 0.405. The van der Waals surface area contributed by atoms with Crippen molar-refractivity contribution >= 4 is 11.4 Å². The predicted octanol–water partition coefficient (Wildman–Crippen LogP) is 4.74. The van der Waals surface area contributed by atoms with Gasteiger partial charge in [0.05, 0.1) is 37.6 Å². The molecule has 13 nitrogen and oxygen atoms in total. The summed E-state index contributed by atoms with van der Waals surface area (Å²) in [4.78, 5) is 21.7. The van der Waals surface area contributed by atoms with Gasteiger partial charge in [-0.05, 0) is 74.4 Å². The van der Waals surface area contributed by atoms with Crippen LogP contribution in [0.5, 0.6) is 5.75 Å². The van der Waals surface area contributed by atoms with Gasteiger partial charge in [-0.1, -0.05) is 13.0 Å². The maximum atomic E-state index is 15.0. The molecule has 7 rings (SSSR count). The number of hydrogen-bond donors (Lipinski definition) is 2. The van der Waals surface area contributed by atoms with Gasteiger partial charge >= 0.3 is 5.69 Å². The molecule has 1 unspecified atom stereocenters. The first kappa shape index (κ1) is 36.7. The van der Waals surface area contributed by atoms with Gasteiger partial charge in [-0.25, -0.2) is 32.5 Å². The van der Waals surface area contributed by atoms with Gasteiger partial charge in [0.15, 0.2) is 0 Å². The van der Waals surface area contributed by atoms with Gasteiger partial charge in [0.1, 0.15) is 42.0 Å². The van der Waals surface area contributed by atoms with Crippen molar-refractivity contribution in [3.05, 3.63) is 113 Å². The Morgan fingerprint density at radius 3 is 2.19 bits per heavy atom. The van der Waals surface area contributed by atoms with E-state index in [4.69, 9.17) is 9.47 Å². The van der Waals surface area contributed by atoms with E-state index >= 15 is 0 Å². The van der Waals surface area contributed by atoms with Gasteiger partial charge in [0.25, 0.3) is 0 Å². The van der Waals surface area contributed by atoms with Crippen LogP contribution in [0.25, 0.3) is 5.69 Å². The minimum absolute atomic E-state index is 0. The lowest BCUT2D eigenvalue weighted by Gasteiger charge is -2.37. The van der Waals surface area contributed by atoms with Crippen LogP contribution in [0.4, 0.5) is 20.2 Å². The highest BCUT2D eigenvalue weighted by Crippen LogP contribution is 2.42. The van der Waals surface area contributed by atoms with Crippen molar-refractivity contribution < 1.29 is 23.4 Å². The third-order valence-corrected chi connectivity index (χ3v) is 9.96. The first-order valence-corrected chi connectivity index (χ1v) is 17.3. The smallest absolute Gasteiger partial charge is 0.350 e. The monoisotopic (exact) mass is 717 g/mol. The maximum Gasteiger partial charge on any atom is 0.350 e. The van der Waals surface area contributed by atoms with E-state index in [1.54, 1.807) is 17.9 Å². The van der Waals surface area contributed by atoms with Gasteiger partial charge < -0.3 is 30.5 Å². The molecule has 0 spiro atoms. The van der Waals surface area contributed by atoms with Gasteiger partial charge in [-0.15, -0.1) is 0 Å². The third-order valence-electron chi connectivity index (χ3n) is 9.96. The second kappa shape index (κ2) is 15.6. The van der Waals surface area contributed by atoms with Crippen LogP contribution in [-0.4, -0.2) is 79.7 Å². The Morgan fingerprint density at radius 2 is 1.60 bits per heavy atom. The molecular weight excluding hydrogens is 672 g/mol. The molecule has 4 atom stereocenters. The summed E-state index contributed by atoms with van der Waals surface area (Å²) in [5.74, 6) is -0.563. The minimum atomic E-state index is -1.02. The topological polar surface area (TPSA) is 151 Å². The number of benzene rings is 3. The molecule has 3 aromatic carbocycles. The van der Waals surface area contributed by atoms with Crippen molar-refractivity contribution in [2.45, 2.75) is 51.0 Å². The Balaban J connectivity index is 0.00000464. The standard InChI is InChI=1S/C37H42F2N8O4.H3N/c1-3-35(26(2)48)47-36(49)46(25-42-47)31-7-5-29(6-8-31)43-14-16-44(17-15-43)30-9-11-32(12-10-30)50-20-27-19-37(51-21-27,22-45-24-40-23-41-45)33-13-4-28(38)18-34(33)39;/h4-13,18,23-27,35,48H,3,14-17,19-22H2,1-2H3;1H3/t26-,27?,35-,37-;/m0./s1. The van der Waals surface area contributed by atoms with Gasteiger partial charge in [0.2, 0.25) is 0 Å². The quantitative estimate of drug-likeness (QED) is 0.185. The molecule has 2 aromatic heterocycles. The summed E-state index contributed by atoms with van der Waals surface area (Å²) in [6, 6.07) is 19.2. The second-order valence-corrected chi connectivity index (χ2v) is 13.3. The molecule has 0 bridgehead atoms. The van der Waals surface area contributed by atoms with Crippen LogP contribution in [0.1, 0.15) is 38.3 Å². The SMILES string of the molecule is CC[C@@H]([C@H](C)O)n1ncn(-c2ccc(N3CCN(c4ccc(OCC5CO[C@@](Cn6cncn6)(c6ccc(F)cc6F)C5)cc4)CC3)cc2)c1=O.N. The van der Waals surface area contributed by atoms with Crippen molar-refractivity contribution in [3.8, 4) is 11.4 Å². The number of hydrogen-bond acceptors (Lipinski definition) is 10. The number of nitrogens with zero attached hydrogens (tertiary/aromatic N) is 8. The Labute approximate surface area is 300 Å². The molecule has 15 heteroatoms. The molecule has 0 amide bonds. The largest absolute Gasteiger partial charge is 0.493 e. The van der Waals surface area contributed by atoms with Gasteiger partial charge in [0, 0.05) is 55.1 Å². The molecule has 5 aromatic rings. The van der Waals surface area contributed by atoms with Crippen LogP contribution < -0.4 is 26.4 Å². The molecule has 4 N–H and O–H groups in total. The van der Waals surface area contributed by atoms with Crippen molar-refractivity contribution in [3.63, 3.8) is 0 Å². The lowest BCUT2D eigenvalue weighted by molar-refractivity contribution is -0.0206. The third kappa shape index (κ3) is 7.56. The zero-order valence-electron chi connectivity index (χ0n) is 29.4. The fourth-order valence-corrected chi connectivity index (χ4v) is 7.24. The van der Waals surface area contributed by atoms with E-state index in [0.717, 1.165) is 55.1 Å². The Hall–Kier alpha value is -5.12. The zero-order chi connectivity index (χ0) is 35.5. The molecule has 0 radical (unpaired) electrons. The van der Waals surface area contributed by atoms with Gasteiger partial charge in [-0.2, -0.15) is 10.2 Å². The lowest BCUT2D eigenvalue weighted by Crippen LogP contribution is -2.46. The highest BCUT2D eigenvalue weighted by molar-refractivity contribution is 5.54. The van der Waals surface area contributed by atoms with Gasteiger partial charge in [-0.3, -0.25) is 0 Å². The average Bonchev–Trinajstić information content (AvgIpc) is 3.90. The lowest BCUT2D eigenvalue weighted by atomic mass is 9.87. The molecule has 2 aliphatic rings. The summed E-state index contributed by atoms with van der Waals surface area (Å²) >= 11 is 0. The van der Waals surface area contributed by atoms with E-state index < -0.39 is 23.3 Å². The zero-order valence-corrected chi connectivity index (χ0v) is 29.4. The van der Waals surface area contributed by atoms with Crippen LogP contribution >= 0.6 is 0 Å². The molecule has 2 saturated heterocycles. The van der Waals surface area contributed by atoms with Crippen molar-refractivity contribution in [2.75, 3.05) is 49.2 Å². The Bertz CT molecular complexity index is 1960. The summed E-state index contributed by atoms with van der Waals surface area (Å²) in [6.07, 6.45) is 4.88. The first-order chi connectivity index (χ1) is 24.7. The summed E-state index contributed by atoms with van der Waals surface area (Å²) in [5, 5.41) is 18.5. The highest BCUT2D eigenvalue weighted by Gasteiger charge is 2.44. The number of ether oxygens (including phenoxy) is 2. The number of aliphatic hydroxyl groups excluding tert-OH is 1. The van der Waals surface area contributed by atoms with Crippen molar-refractivity contribution in [1.29, 1.82) is 0 Å². The Morgan fingerprint density at radius 1 is 0.942 bits per heavy atom. The van der Waals surface area contributed by atoms with Crippen LogP contribution in [0.3, 0.4) is 0 Å². The molecule has 4 heterocycles. The summed E-state index contributed by atoms with van der Waals surface area (Å²) in [6.45, 7) is 7.97. The number of aromatic nitrogens is 6. The van der Waals surface area contributed by atoms with Crippen LogP contribution in [0, 0.1) is 17.6 Å². The summed E-state index contributed by atoms with van der Waals surface area (Å²) in [5.41, 5.74) is 1.93. The fourth-order valence-electron chi connectivity index (χ4n) is 7.24. The number of piperazine rings is 1. The van der Waals surface area contributed by atoms with Crippen LogP contribution in [0.15, 0.2) is 90.5 Å². The van der Waals surface area contributed by atoms with E-state index in [-0.39, 0.29) is 30.3 Å². The van der Waals surface area contributed by atoms with E-state index in [0.29, 0.717) is 31.6 Å². The molecule has 2 aliphatic heterocycles. The van der Waals surface area contributed by atoms with Crippen molar-refractivity contribution in [2.24, 2.45) is 5.92 Å². The molecule has 0 aliphatic carbocycles. The first-order valence-electron chi connectivity index (χ1n) is 17.3. The van der Waals surface area contributed by atoms with E-state index in [1.807, 2.05) is 43.3 Å². The molecule has 276 valence electrons. The normalized spacial score (nSPS) is 20.1.